The molecule has 0 bridgehead atoms. The van der Waals surface area contributed by atoms with Crippen molar-refractivity contribution < 1.29 is 33.6 Å². The van der Waals surface area contributed by atoms with Crippen LogP contribution in [0.15, 0.2) is 22.8 Å². The Bertz CT molecular complexity index is 404. The Balaban J connectivity index is 1.73. The molecule has 0 aromatic carbocycles. The van der Waals surface area contributed by atoms with Gasteiger partial charge in [0, 0.05) is 7.11 Å². The molecule has 0 amide bonds. The molecule has 0 aliphatic carbocycles. The van der Waals surface area contributed by atoms with E-state index in [2.05, 4.69) is 0 Å². The van der Waals surface area contributed by atoms with Crippen LogP contribution in [-0.2, 0) is 18.9 Å². The summed E-state index contributed by atoms with van der Waals surface area (Å²) < 4.78 is 26.7. The van der Waals surface area contributed by atoms with Gasteiger partial charge in [0.2, 0.25) is 6.29 Å². The Morgan fingerprint density at radius 1 is 1.26 bits per heavy atom. The van der Waals surface area contributed by atoms with Gasteiger partial charge in [0.05, 0.1) is 12.9 Å². The van der Waals surface area contributed by atoms with Gasteiger partial charge in [-0.25, -0.2) is 0 Å². The Kier molecular flexibility index (Phi) is 3.57. The molecule has 2 fully saturated rings. The lowest BCUT2D eigenvalue weighted by molar-refractivity contribution is -0.360. The van der Waals surface area contributed by atoms with Gasteiger partial charge in [-0.3, -0.25) is 0 Å². The Morgan fingerprint density at radius 3 is 2.79 bits per heavy atom. The van der Waals surface area contributed by atoms with E-state index in [1.54, 1.807) is 12.1 Å². The second-order valence-corrected chi connectivity index (χ2v) is 4.54. The first kappa shape index (κ1) is 13.0. The van der Waals surface area contributed by atoms with Gasteiger partial charge in [0.1, 0.15) is 24.4 Å². The minimum Gasteiger partial charge on any atom is -0.464 e. The number of ether oxygens (including phenoxy) is 4. The van der Waals surface area contributed by atoms with Crippen LogP contribution in [0.2, 0.25) is 0 Å². The Hall–Kier alpha value is -0.960. The van der Waals surface area contributed by atoms with Crippen LogP contribution < -0.4 is 0 Å². The third-order valence-corrected chi connectivity index (χ3v) is 3.34. The van der Waals surface area contributed by atoms with Crippen molar-refractivity contribution in [2.45, 2.75) is 37.0 Å². The van der Waals surface area contributed by atoms with Crippen molar-refractivity contribution in [1.82, 2.24) is 0 Å². The minimum absolute atomic E-state index is 0.222. The molecule has 0 spiro atoms. The molecule has 6 atom stereocenters. The lowest BCUT2D eigenvalue weighted by Crippen LogP contribution is -2.62. The SMILES string of the molecule is CO[C@H]1O[C@@H]2CO[C@H](c3ccco3)O[C@H]2[C@H](O)[C@H]1O. The van der Waals surface area contributed by atoms with E-state index in [-0.39, 0.29) is 6.61 Å². The smallest absolute Gasteiger partial charge is 0.217 e. The summed E-state index contributed by atoms with van der Waals surface area (Å²) in [5, 5.41) is 19.9. The first-order valence-corrected chi connectivity index (χ1v) is 6.05. The van der Waals surface area contributed by atoms with Gasteiger partial charge in [-0.2, -0.15) is 0 Å². The minimum atomic E-state index is -1.17. The van der Waals surface area contributed by atoms with Crippen LogP contribution in [0.5, 0.6) is 0 Å². The lowest BCUT2D eigenvalue weighted by Gasteiger charge is -2.45. The van der Waals surface area contributed by atoms with Gasteiger partial charge in [0.15, 0.2) is 12.1 Å². The van der Waals surface area contributed by atoms with Gasteiger partial charge >= 0.3 is 0 Å². The number of fused-ring (bicyclic) bond motifs is 1. The summed E-state index contributed by atoms with van der Waals surface area (Å²) in [4.78, 5) is 0. The van der Waals surface area contributed by atoms with Crippen LogP contribution >= 0.6 is 0 Å². The summed E-state index contributed by atoms with van der Waals surface area (Å²) in [5.74, 6) is 0.508. The number of hydrogen-bond acceptors (Lipinski definition) is 7. The molecule has 106 valence electrons. The van der Waals surface area contributed by atoms with Crippen molar-refractivity contribution in [3.8, 4) is 0 Å². The van der Waals surface area contributed by atoms with Gasteiger partial charge < -0.3 is 33.6 Å². The van der Waals surface area contributed by atoms with E-state index in [4.69, 9.17) is 23.4 Å². The third kappa shape index (κ3) is 2.29. The lowest BCUT2D eigenvalue weighted by atomic mass is 9.98. The Morgan fingerprint density at radius 2 is 2.11 bits per heavy atom. The average Bonchev–Trinajstić information content (AvgIpc) is 2.96. The largest absolute Gasteiger partial charge is 0.464 e. The van der Waals surface area contributed by atoms with Crippen LogP contribution in [0.3, 0.4) is 0 Å². The predicted molar refractivity (Wildman–Crippen MR) is 60.0 cm³/mol. The molecule has 2 saturated heterocycles. The van der Waals surface area contributed by atoms with E-state index in [0.29, 0.717) is 5.76 Å². The highest BCUT2D eigenvalue weighted by Gasteiger charge is 2.49. The molecule has 2 N–H and O–H groups in total. The van der Waals surface area contributed by atoms with Crippen LogP contribution in [-0.4, -0.2) is 54.6 Å². The molecule has 1 aromatic rings. The van der Waals surface area contributed by atoms with E-state index >= 15 is 0 Å². The van der Waals surface area contributed by atoms with E-state index < -0.39 is 37.0 Å². The molecule has 19 heavy (non-hydrogen) atoms. The van der Waals surface area contributed by atoms with Crippen molar-refractivity contribution in [3.05, 3.63) is 24.2 Å². The molecular formula is C12H16O7. The molecule has 3 rings (SSSR count). The third-order valence-electron chi connectivity index (χ3n) is 3.34. The predicted octanol–water partition coefficient (Wildman–Crippen LogP) is -0.213. The number of aliphatic hydroxyl groups excluding tert-OH is 2. The maximum atomic E-state index is 10.1. The molecule has 0 radical (unpaired) electrons. The summed E-state index contributed by atoms with van der Waals surface area (Å²) in [5.41, 5.74) is 0. The number of hydrogen-bond donors (Lipinski definition) is 2. The summed E-state index contributed by atoms with van der Waals surface area (Å²) in [6.07, 6.45) is -3.53. The van der Waals surface area contributed by atoms with Crippen LogP contribution in [0, 0.1) is 0 Å². The van der Waals surface area contributed by atoms with Crippen molar-refractivity contribution >= 4 is 0 Å². The summed E-state index contributed by atoms with van der Waals surface area (Å²) in [7, 11) is 1.40. The summed E-state index contributed by atoms with van der Waals surface area (Å²) in [6, 6.07) is 3.44. The average molecular weight is 272 g/mol. The quantitative estimate of drug-likeness (QED) is 0.769. The van der Waals surface area contributed by atoms with Crippen LogP contribution in [0.25, 0.3) is 0 Å². The maximum absolute atomic E-state index is 10.1. The monoisotopic (exact) mass is 272 g/mol. The summed E-state index contributed by atoms with van der Waals surface area (Å²) >= 11 is 0. The second kappa shape index (κ2) is 5.20. The topological polar surface area (TPSA) is 90.5 Å². The molecular weight excluding hydrogens is 256 g/mol. The zero-order valence-corrected chi connectivity index (χ0v) is 10.3. The fourth-order valence-corrected chi connectivity index (χ4v) is 2.34. The van der Waals surface area contributed by atoms with Crippen molar-refractivity contribution in [2.75, 3.05) is 13.7 Å². The maximum Gasteiger partial charge on any atom is 0.217 e. The molecule has 7 nitrogen and oxygen atoms in total. The van der Waals surface area contributed by atoms with E-state index in [1.165, 1.54) is 13.4 Å². The molecule has 2 aliphatic rings. The van der Waals surface area contributed by atoms with Gasteiger partial charge in [-0.1, -0.05) is 0 Å². The van der Waals surface area contributed by atoms with Crippen LogP contribution in [0.1, 0.15) is 12.1 Å². The van der Waals surface area contributed by atoms with Crippen molar-refractivity contribution in [1.29, 1.82) is 0 Å². The van der Waals surface area contributed by atoms with E-state index in [9.17, 15) is 10.2 Å². The number of aliphatic hydroxyl groups is 2. The molecule has 7 heteroatoms. The first-order chi connectivity index (χ1) is 9.20. The highest BCUT2D eigenvalue weighted by atomic mass is 16.8. The first-order valence-electron chi connectivity index (χ1n) is 6.05. The zero-order valence-electron chi connectivity index (χ0n) is 10.3. The molecule has 2 aliphatic heterocycles. The van der Waals surface area contributed by atoms with E-state index in [1.807, 2.05) is 0 Å². The normalized spacial score (nSPS) is 42.9. The van der Waals surface area contributed by atoms with Crippen LogP contribution in [0.4, 0.5) is 0 Å². The molecule has 0 saturated carbocycles. The van der Waals surface area contributed by atoms with E-state index in [0.717, 1.165) is 0 Å². The van der Waals surface area contributed by atoms with Gasteiger partial charge in [0.25, 0.3) is 0 Å². The van der Waals surface area contributed by atoms with Crippen molar-refractivity contribution in [2.24, 2.45) is 0 Å². The fourth-order valence-electron chi connectivity index (χ4n) is 2.34. The molecule has 3 heterocycles. The molecule has 0 unspecified atom stereocenters. The highest BCUT2D eigenvalue weighted by Crippen LogP contribution is 2.34. The highest BCUT2D eigenvalue weighted by molar-refractivity contribution is 5.02. The number of methoxy groups -OCH3 is 1. The second-order valence-electron chi connectivity index (χ2n) is 4.54. The zero-order chi connectivity index (χ0) is 13.4. The standard InChI is InChI=1S/C12H16O7/c1-15-12-9(14)8(13)10-7(18-12)5-17-11(19-10)6-3-2-4-16-6/h2-4,7-14H,5H2,1H3/t7-,8-,9-,10-,11+,12+/m1/s1. The molecule has 1 aromatic heterocycles. The fraction of sp³-hybridized carbons (Fsp3) is 0.667. The Labute approximate surface area is 109 Å². The van der Waals surface area contributed by atoms with Crippen molar-refractivity contribution in [3.63, 3.8) is 0 Å². The summed E-state index contributed by atoms with van der Waals surface area (Å²) in [6.45, 7) is 0.222. The number of furan rings is 1. The van der Waals surface area contributed by atoms with Gasteiger partial charge in [-0.05, 0) is 12.1 Å². The van der Waals surface area contributed by atoms with Gasteiger partial charge in [-0.15, -0.1) is 0 Å². The number of rotatable bonds is 2.